The summed E-state index contributed by atoms with van der Waals surface area (Å²) in [5.41, 5.74) is 3.18. The van der Waals surface area contributed by atoms with Gasteiger partial charge in [-0.15, -0.1) is 0 Å². The van der Waals surface area contributed by atoms with Crippen LogP contribution in [0.5, 0.6) is 0 Å². The third kappa shape index (κ3) is 3.18. The summed E-state index contributed by atoms with van der Waals surface area (Å²) in [7, 11) is 0. The monoisotopic (exact) mass is 258 g/mol. The molecule has 19 heavy (non-hydrogen) atoms. The highest BCUT2D eigenvalue weighted by Crippen LogP contribution is 2.41. The largest absolute Gasteiger partial charge is 0.315 e. The summed E-state index contributed by atoms with van der Waals surface area (Å²) in [5.74, 6) is 0.861. The summed E-state index contributed by atoms with van der Waals surface area (Å²) in [6, 6.07) is 9.82. The van der Waals surface area contributed by atoms with E-state index < -0.39 is 0 Å². The second-order valence-electron chi connectivity index (χ2n) is 6.04. The number of hydrogen-bond acceptors (Lipinski definition) is 2. The molecule has 0 amide bonds. The molecular formula is C17H26N2. The van der Waals surface area contributed by atoms with Crippen molar-refractivity contribution in [2.45, 2.75) is 51.1 Å². The maximum Gasteiger partial charge on any atom is 0.0239 e. The zero-order chi connectivity index (χ0) is 13.1. The van der Waals surface area contributed by atoms with Crippen LogP contribution in [-0.2, 0) is 6.54 Å². The zero-order valence-corrected chi connectivity index (χ0v) is 12.1. The number of rotatable bonds is 5. The van der Waals surface area contributed by atoms with Crippen molar-refractivity contribution in [1.82, 2.24) is 10.2 Å². The topological polar surface area (TPSA) is 15.3 Å². The van der Waals surface area contributed by atoms with Gasteiger partial charge in [0.05, 0.1) is 0 Å². The SMILES string of the molecule is CCN(Cc1ccccc1C1CC1)C1CCCNC1. The molecule has 2 heteroatoms. The molecule has 2 fully saturated rings. The van der Waals surface area contributed by atoms with Crippen molar-refractivity contribution >= 4 is 0 Å². The minimum Gasteiger partial charge on any atom is -0.315 e. The van der Waals surface area contributed by atoms with Crippen LogP contribution in [0.4, 0.5) is 0 Å². The molecule has 0 aromatic heterocycles. The van der Waals surface area contributed by atoms with Gasteiger partial charge in [0.2, 0.25) is 0 Å². The highest BCUT2D eigenvalue weighted by atomic mass is 15.2. The van der Waals surface area contributed by atoms with E-state index in [2.05, 4.69) is 41.4 Å². The highest BCUT2D eigenvalue weighted by molar-refractivity contribution is 5.33. The number of likely N-dealkylation sites (N-methyl/N-ethyl adjacent to an activating group) is 1. The first-order valence-electron chi connectivity index (χ1n) is 7.91. The van der Waals surface area contributed by atoms with Gasteiger partial charge < -0.3 is 5.32 Å². The van der Waals surface area contributed by atoms with Crippen molar-refractivity contribution in [3.8, 4) is 0 Å². The lowest BCUT2D eigenvalue weighted by Crippen LogP contribution is -2.45. The first kappa shape index (κ1) is 13.1. The molecule has 1 aliphatic carbocycles. The molecule has 1 aromatic carbocycles. The average molecular weight is 258 g/mol. The number of nitrogens with one attached hydrogen (secondary N) is 1. The van der Waals surface area contributed by atoms with E-state index in [1.807, 2.05) is 0 Å². The molecule has 1 aliphatic heterocycles. The third-order valence-electron chi connectivity index (χ3n) is 4.64. The standard InChI is InChI=1S/C17H26N2/c1-2-19(16-7-5-11-18-12-16)13-15-6-3-4-8-17(15)14-9-10-14/h3-4,6,8,14,16,18H,2,5,7,9-13H2,1H3. The van der Waals surface area contributed by atoms with Gasteiger partial charge >= 0.3 is 0 Å². The molecule has 0 radical (unpaired) electrons. The molecule has 1 heterocycles. The fraction of sp³-hybridized carbons (Fsp3) is 0.647. The normalized spacial score (nSPS) is 23.8. The fourth-order valence-corrected chi connectivity index (χ4v) is 3.33. The van der Waals surface area contributed by atoms with E-state index in [0.717, 1.165) is 25.0 Å². The molecule has 2 nitrogen and oxygen atoms in total. The molecule has 1 atom stereocenters. The number of hydrogen-bond donors (Lipinski definition) is 1. The van der Waals surface area contributed by atoms with Crippen LogP contribution in [0, 0.1) is 0 Å². The highest BCUT2D eigenvalue weighted by Gasteiger charge is 2.27. The second-order valence-corrected chi connectivity index (χ2v) is 6.04. The molecule has 2 aliphatic rings. The average Bonchev–Trinajstić information content (AvgIpc) is 3.31. The van der Waals surface area contributed by atoms with Crippen molar-refractivity contribution in [3.05, 3.63) is 35.4 Å². The lowest BCUT2D eigenvalue weighted by Gasteiger charge is -2.34. The van der Waals surface area contributed by atoms with E-state index in [-0.39, 0.29) is 0 Å². The molecule has 1 N–H and O–H groups in total. The Morgan fingerprint density at radius 3 is 2.74 bits per heavy atom. The zero-order valence-electron chi connectivity index (χ0n) is 12.1. The van der Waals surface area contributed by atoms with Crippen LogP contribution in [0.3, 0.4) is 0 Å². The first-order chi connectivity index (χ1) is 9.38. The molecular weight excluding hydrogens is 232 g/mol. The molecule has 1 aromatic rings. The molecule has 1 saturated carbocycles. The van der Waals surface area contributed by atoms with E-state index >= 15 is 0 Å². The maximum absolute atomic E-state index is 3.54. The predicted molar refractivity (Wildman–Crippen MR) is 80.4 cm³/mol. The Morgan fingerprint density at radius 2 is 2.05 bits per heavy atom. The van der Waals surface area contributed by atoms with Gasteiger partial charge in [-0.05, 0) is 55.8 Å². The van der Waals surface area contributed by atoms with Crippen molar-refractivity contribution in [2.75, 3.05) is 19.6 Å². The van der Waals surface area contributed by atoms with Gasteiger partial charge in [-0.3, -0.25) is 4.90 Å². The minimum atomic E-state index is 0.728. The Morgan fingerprint density at radius 1 is 1.21 bits per heavy atom. The summed E-state index contributed by atoms with van der Waals surface area (Å²) >= 11 is 0. The summed E-state index contributed by atoms with van der Waals surface area (Å²) in [5, 5.41) is 3.54. The van der Waals surface area contributed by atoms with Gasteiger partial charge in [0.15, 0.2) is 0 Å². The van der Waals surface area contributed by atoms with Crippen molar-refractivity contribution in [1.29, 1.82) is 0 Å². The molecule has 1 unspecified atom stereocenters. The Hall–Kier alpha value is -0.860. The number of benzene rings is 1. The van der Waals surface area contributed by atoms with Gasteiger partial charge in [-0.25, -0.2) is 0 Å². The summed E-state index contributed by atoms with van der Waals surface area (Å²) in [6.07, 6.45) is 5.47. The Kier molecular flexibility index (Phi) is 4.19. The lowest BCUT2D eigenvalue weighted by molar-refractivity contribution is 0.166. The summed E-state index contributed by atoms with van der Waals surface area (Å²) < 4.78 is 0. The smallest absolute Gasteiger partial charge is 0.0239 e. The Bertz CT molecular complexity index is 405. The quantitative estimate of drug-likeness (QED) is 0.873. The number of piperidine rings is 1. The fourth-order valence-electron chi connectivity index (χ4n) is 3.33. The van der Waals surface area contributed by atoms with Crippen molar-refractivity contribution < 1.29 is 0 Å². The van der Waals surface area contributed by atoms with Crippen molar-refractivity contribution in [3.63, 3.8) is 0 Å². The minimum absolute atomic E-state index is 0.728. The molecule has 1 saturated heterocycles. The van der Waals surface area contributed by atoms with Crippen LogP contribution in [-0.4, -0.2) is 30.6 Å². The van der Waals surface area contributed by atoms with E-state index in [1.165, 1.54) is 38.8 Å². The van der Waals surface area contributed by atoms with Crippen LogP contribution in [0.25, 0.3) is 0 Å². The van der Waals surface area contributed by atoms with E-state index in [4.69, 9.17) is 0 Å². The van der Waals surface area contributed by atoms with Gasteiger partial charge in [-0.1, -0.05) is 31.2 Å². The van der Waals surface area contributed by atoms with Crippen LogP contribution in [0.15, 0.2) is 24.3 Å². The van der Waals surface area contributed by atoms with E-state index in [1.54, 1.807) is 11.1 Å². The maximum atomic E-state index is 3.54. The molecule has 3 rings (SSSR count). The Labute approximate surface area is 117 Å². The van der Waals surface area contributed by atoms with Gasteiger partial charge in [0, 0.05) is 19.1 Å². The lowest BCUT2D eigenvalue weighted by atomic mass is 10.0. The molecule has 104 valence electrons. The van der Waals surface area contributed by atoms with Crippen LogP contribution >= 0.6 is 0 Å². The van der Waals surface area contributed by atoms with Crippen molar-refractivity contribution in [2.24, 2.45) is 0 Å². The second kappa shape index (κ2) is 6.06. The van der Waals surface area contributed by atoms with Crippen LogP contribution in [0.2, 0.25) is 0 Å². The van der Waals surface area contributed by atoms with Crippen LogP contribution < -0.4 is 5.32 Å². The number of nitrogens with zero attached hydrogens (tertiary/aromatic N) is 1. The van der Waals surface area contributed by atoms with Gasteiger partial charge in [-0.2, -0.15) is 0 Å². The van der Waals surface area contributed by atoms with E-state index in [0.29, 0.717) is 0 Å². The molecule has 0 spiro atoms. The van der Waals surface area contributed by atoms with Crippen LogP contribution in [0.1, 0.15) is 49.7 Å². The van der Waals surface area contributed by atoms with E-state index in [9.17, 15) is 0 Å². The predicted octanol–water partition coefficient (Wildman–Crippen LogP) is 3.14. The Balaban J connectivity index is 1.71. The first-order valence-corrected chi connectivity index (χ1v) is 7.91. The van der Waals surface area contributed by atoms with Gasteiger partial charge in [0.25, 0.3) is 0 Å². The third-order valence-corrected chi connectivity index (χ3v) is 4.64. The summed E-state index contributed by atoms with van der Waals surface area (Å²) in [4.78, 5) is 2.66. The molecule has 0 bridgehead atoms. The summed E-state index contributed by atoms with van der Waals surface area (Å²) in [6.45, 7) is 6.96. The van der Waals surface area contributed by atoms with Gasteiger partial charge in [0.1, 0.15) is 0 Å².